The van der Waals surface area contributed by atoms with E-state index in [9.17, 15) is 8.42 Å². The molecule has 0 bridgehead atoms. The van der Waals surface area contributed by atoms with Crippen LogP contribution in [-0.4, -0.2) is 48.3 Å². The summed E-state index contributed by atoms with van der Waals surface area (Å²) in [4.78, 5) is 0. The molecule has 123 valence electrons. The molecule has 0 aliphatic rings. The van der Waals surface area contributed by atoms with Gasteiger partial charge in [-0.2, -0.15) is 8.42 Å². The van der Waals surface area contributed by atoms with Gasteiger partial charge in [0.05, 0.1) is 5.75 Å². The Morgan fingerprint density at radius 3 is 1.19 bits per heavy atom. The van der Waals surface area contributed by atoms with E-state index in [1.165, 1.54) is 70.6 Å². The van der Waals surface area contributed by atoms with E-state index in [0.717, 1.165) is 12.8 Å². The van der Waals surface area contributed by atoms with Gasteiger partial charge in [0.2, 0.25) is 0 Å². The molecule has 21 heavy (non-hydrogen) atoms. The van der Waals surface area contributed by atoms with Gasteiger partial charge in [-0.15, -0.1) is 0 Å². The molecule has 0 aliphatic heterocycles. The average Bonchev–Trinajstić information content (AvgIpc) is 2.38. The minimum atomic E-state index is -3.74. The number of rotatable bonds is 15. The molecule has 0 amide bonds. The van der Waals surface area contributed by atoms with Gasteiger partial charge >= 0.3 is 0 Å². The van der Waals surface area contributed by atoms with Gasteiger partial charge in [-0.3, -0.25) is 4.55 Å². The van der Waals surface area contributed by atoms with Crippen LogP contribution < -0.4 is 0 Å². The van der Waals surface area contributed by atoms with Crippen molar-refractivity contribution < 1.29 is 13.0 Å². The zero-order valence-corrected chi connectivity index (χ0v) is 17.1. The first-order chi connectivity index (χ1) is 9.56. The van der Waals surface area contributed by atoms with Crippen molar-refractivity contribution in [2.24, 2.45) is 0 Å². The molecule has 0 unspecified atom stereocenters. The predicted octanol–water partition coefficient (Wildman–Crippen LogP) is 4.97. The van der Waals surface area contributed by atoms with Crippen molar-refractivity contribution in [2.45, 2.75) is 96.8 Å². The Morgan fingerprint density at radius 1 is 0.619 bits per heavy atom. The fourth-order valence-electron chi connectivity index (χ4n) is 2.48. The molecule has 1 N–H and O–H groups in total. The molecule has 0 fully saturated rings. The Kier molecular flexibility index (Phi) is 19.9. The summed E-state index contributed by atoms with van der Waals surface area (Å²) in [7, 11) is -3.74. The van der Waals surface area contributed by atoms with Crippen LogP contribution in [0.4, 0.5) is 0 Å². The van der Waals surface area contributed by atoms with E-state index in [0.29, 0.717) is 6.42 Å². The van der Waals surface area contributed by atoms with Crippen molar-refractivity contribution in [3.05, 3.63) is 0 Å². The Bertz CT molecular complexity index is 292. The Balaban J connectivity index is 0. The fourth-order valence-corrected chi connectivity index (χ4v) is 3.05. The predicted molar refractivity (Wildman–Crippen MR) is 92.5 cm³/mol. The molecule has 0 atom stereocenters. The van der Waals surface area contributed by atoms with Crippen molar-refractivity contribution in [1.82, 2.24) is 0 Å². The van der Waals surface area contributed by atoms with E-state index >= 15 is 0 Å². The molecule has 3 nitrogen and oxygen atoms in total. The van der Waals surface area contributed by atoms with E-state index in [1.807, 2.05) is 0 Å². The van der Waals surface area contributed by atoms with E-state index in [1.54, 1.807) is 0 Å². The van der Waals surface area contributed by atoms with Gasteiger partial charge in [0.25, 0.3) is 10.1 Å². The molecule has 0 aromatic rings. The largest absolute Gasteiger partial charge is 0.286 e. The Labute approximate surface area is 154 Å². The maximum Gasteiger partial charge on any atom is 0.264 e. The van der Waals surface area contributed by atoms with Crippen LogP contribution in [0.2, 0.25) is 0 Å². The second-order valence-electron chi connectivity index (χ2n) is 5.88. The SMILES string of the molecule is CCCCCCCCCCCCCCCCS(=O)(=O)O.[Na]. The minimum absolute atomic E-state index is 0. The molecular weight excluding hydrogens is 295 g/mol. The second-order valence-corrected chi connectivity index (χ2v) is 7.45. The number of hydrogen-bond donors (Lipinski definition) is 1. The molecule has 0 aromatic carbocycles. The number of unbranched alkanes of at least 4 members (excludes halogenated alkanes) is 13. The fraction of sp³-hybridized carbons (Fsp3) is 1.00. The van der Waals surface area contributed by atoms with E-state index in [2.05, 4.69) is 6.92 Å². The minimum Gasteiger partial charge on any atom is -0.286 e. The van der Waals surface area contributed by atoms with Crippen LogP contribution in [0.3, 0.4) is 0 Å². The molecule has 0 rings (SSSR count). The number of hydrogen-bond acceptors (Lipinski definition) is 2. The van der Waals surface area contributed by atoms with Crippen LogP contribution in [0.15, 0.2) is 0 Å². The van der Waals surface area contributed by atoms with Gasteiger partial charge in [0, 0.05) is 29.6 Å². The maximum atomic E-state index is 10.5. The first kappa shape index (κ1) is 24.2. The molecule has 0 spiro atoms. The smallest absolute Gasteiger partial charge is 0.264 e. The summed E-state index contributed by atoms with van der Waals surface area (Å²) in [6.45, 7) is 2.25. The average molecular weight is 330 g/mol. The van der Waals surface area contributed by atoms with Gasteiger partial charge in [-0.05, 0) is 6.42 Å². The summed E-state index contributed by atoms with van der Waals surface area (Å²) in [5.74, 6) is -0.0783. The van der Waals surface area contributed by atoms with Crippen molar-refractivity contribution in [1.29, 1.82) is 0 Å². The summed E-state index contributed by atoms with van der Waals surface area (Å²) < 4.78 is 29.6. The van der Waals surface area contributed by atoms with Gasteiger partial charge in [-0.25, -0.2) is 0 Å². The molecule has 0 saturated carbocycles. The Hall–Kier alpha value is 0.910. The van der Waals surface area contributed by atoms with Crippen molar-refractivity contribution in [3.63, 3.8) is 0 Å². The van der Waals surface area contributed by atoms with E-state index in [4.69, 9.17) is 4.55 Å². The van der Waals surface area contributed by atoms with Crippen molar-refractivity contribution >= 4 is 39.7 Å². The first-order valence-corrected chi connectivity index (χ1v) is 10.1. The van der Waals surface area contributed by atoms with E-state index < -0.39 is 10.1 Å². The summed E-state index contributed by atoms with van der Waals surface area (Å²) in [5, 5.41) is 0. The maximum absolute atomic E-state index is 10.5. The molecule has 0 heterocycles. The quantitative estimate of drug-likeness (QED) is 0.262. The zero-order chi connectivity index (χ0) is 15.1. The van der Waals surface area contributed by atoms with Gasteiger partial charge < -0.3 is 0 Å². The zero-order valence-electron chi connectivity index (χ0n) is 14.3. The third-order valence-corrected chi connectivity index (χ3v) is 4.56. The standard InChI is InChI=1S/C16H34O3S.Na/c1-2-3-4-5-6-7-8-9-10-11-12-13-14-15-16-20(17,18)19;/h2-16H2,1H3,(H,17,18,19);. The first-order valence-electron chi connectivity index (χ1n) is 8.51. The second kappa shape index (κ2) is 17.3. The van der Waals surface area contributed by atoms with Crippen LogP contribution in [0.5, 0.6) is 0 Å². The van der Waals surface area contributed by atoms with Gasteiger partial charge in [0.15, 0.2) is 0 Å². The summed E-state index contributed by atoms with van der Waals surface area (Å²) in [6, 6.07) is 0. The van der Waals surface area contributed by atoms with Crippen LogP contribution >= 0.6 is 0 Å². The summed E-state index contributed by atoms with van der Waals surface area (Å²) in [6.07, 6.45) is 17.4. The molecule has 0 saturated heterocycles. The van der Waals surface area contributed by atoms with Gasteiger partial charge in [-0.1, -0.05) is 90.4 Å². The molecule has 0 aromatic heterocycles. The molecule has 5 heteroatoms. The normalized spacial score (nSPS) is 11.3. The Morgan fingerprint density at radius 2 is 0.905 bits per heavy atom. The summed E-state index contributed by atoms with van der Waals surface area (Å²) >= 11 is 0. The van der Waals surface area contributed by atoms with Crippen LogP contribution in [0, 0.1) is 0 Å². The third-order valence-electron chi connectivity index (χ3n) is 3.76. The van der Waals surface area contributed by atoms with Crippen LogP contribution in [-0.2, 0) is 10.1 Å². The van der Waals surface area contributed by atoms with Gasteiger partial charge in [0.1, 0.15) is 0 Å². The molecular formula is C16H34NaO3S. The van der Waals surface area contributed by atoms with Crippen molar-refractivity contribution in [2.75, 3.05) is 5.75 Å². The summed E-state index contributed by atoms with van der Waals surface area (Å²) in [5.41, 5.74) is 0. The monoisotopic (exact) mass is 329 g/mol. The molecule has 0 aliphatic carbocycles. The topological polar surface area (TPSA) is 54.4 Å². The van der Waals surface area contributed by atoms with Crippen LogP contribution in [0.1, 0.15) is 96.8 Å². The molecule has 1 radical (unpaired) electrons. The third kappa shape index (κ3) is 23.3. The van der Waals surface area contributed by atoms with Crippen molar-refractivity contribution in [3.8, 4) is 0 Å². The van der Waals surface area contributed by atoms with E-state index in [-0.39, 0.29) is 35.3 Å². The van der Waals surface area contributed by atoms with Crippen LogP contribution in [0.25, 0.3) is 0 Å².